The second-order valence-corrected chi connectivity index (χ2v) is 7.97. The Bertz CT molecular complexity index is 1190. The van der Waals surface area contributed by atoms with E-state index in [0.29, 0.717) is 17.3 Å². The molecule has 0 amide bonds. The smallest absolute Gasteiger partial charge is 0.258 e. The number of imidazole rings is 1. The number of thioether (sulfide) groups is 1. The first-order valence-corrected chi connectivity index (χ1v) is 10.3. The zero-order valence-electron chi connectivity index (χ0n) is 16.2. The van der Waals surface area contributed by atoms with Crippen molar-refractivity contribution in [2.24, 2.45) is 0 Å². The van der Waals surface area contributed by atoms with Crippen molar-refractivity contribution in [2.75, 3.05) is 0 Å². The minimum atomic E-state index is -0.0489. The lowest BCUT2D eigenvalue weighted by Gasteiger charge is -2.15. The van der Waals surface area contributed by atoms with Gasteiger partial charge in [0.15, 0.2) is 5.16 Å². The summed E-state index contributed by atoms with van der Waals surface area (Å²) in [4.78, 5) is 21.7. The van der Waals surface area contributed by atoms with Crippen molar-refractivity contribution in [3.63, 3.8) is 0 Å². The normalized spacial score (nSPS) is 11.4. The van der Waals surface area contributed by atoms with Crippen LogP contribution in [-0.4, -0.2) is 18.9 Å². The second kappa shape index (κ2) is 7.64. The van der Waals surface area contributed by atoms with Gasteiger partial charge in [0, 0.05) is 29.9 Å². The Morgan fingerprint density at radius 1 is 1.11 bits per heavy atom. The molecule has 0 aliphatic heterocycles. The molecule has 0 atom stereocenters. The predicted octanol–water partition coefficient (Wildman–Crippen LogP) is 4.60. The number of hydrogen-bond donors (Lipinski definition) is 0. The second-order valence-electron chi connectivity index (χ2n) is 7.03. The van der Waals surface area contributed by atoms with E-state index in [1.807, 2.05) is 43.6 Å². The lowest BCUT2D eigenvalue weighted by atomic mass is 10.0. The monoisotopic (exact) mass is 390 g/mol. The van der Waals surface area contributed by atoms with Gasteiger partial charge in [-0.3, -0.25) is 13.8 Å². The highest BCUT2D eigenvalue weighted by atomic mass is 32.2. The highest BCUT2D eigenvalue weighted by molar-refractivity contribution is 7.98. The van der Waals surface area contributed by atoms with Crippen LogP contribution in [0.4, 0.5) is 0 Å². The van der Waals surface area contributed by atoms with Crippen LogP contribution in [-0.2, 0) is 5.75 Å². The van der Waals surface area contributed by atoms with Crippen molar-refractivity contribution >= 4 is 17.4 Å². The molecule has 0 aliphatic rings. The van der Waals surface area contributed by atoms with Crippen molar-refractivity contribution in [1.29, 1.82) is 0 Å². The van der Waals surface area contributed by atoms with E-state index in [1.54, 1.807) is 22.2 Å². The Hall–Kier alpha value is -2.86. The molecule has 3 aromatic heterocycles. The maximum absolute atomic E-state index is 12.5. The molecule has 0 unspecified atom stereocenters. The molecule has 28 heavy (non-hydrogen) atoms. The first-order chi connectivity index (χ1) is 13.5. The maximum atomic E-state index is 12.5. The maximum Gasteiger partial charge on any atom is 0.258 e. The molecule has 4 aromatic rings. The first-order valence-electron chi connectivity index (χ1n) is 9.28. The fourth-order valence-corrected chi connectivity index (χ4v) is 4.21. The fourth-order valence-electron chi connectivity index (χ4n) is 3.35. The summed E-state index contributed by atoms with van der Waals surface area (Å²) in [5, 5.41) is 0.888. The minimum absolute atomic E-state index is 0.0489. The highest BCUT2D eigenvalue weighted by Crippen LogP contribution is 2.28. The molecule has 0 spiro atoms. The van der Waals surface area contributed by atoms with Crippen LogP contribution in [0, 0.1) is 6.92 Å². The molecule has 0 saturated heterocycles. The molecule has 0 aliphatic carbocycles. The zero-order chi connectivity index (χ0) is 19.7. The molecular formula is C22H22N4OS. The van der Waals surface area contributed by atoms with Gasteiger partial charge in [0.25, 0.3) is 5.56 Å². The molecule has 6 heteroatoms. The molecule has 5 nitrogen and oxygen atoms in total. The minimum Gasteiger partial charge on any atom is -0.295 e. The van der Waals surface area contributed by atoms with Crippen molar-refractivity contribution in [2.45, 2.75) is 37.6 Å². The molecule has 0 saturated carbocycles. The lowest BCUT2D eigenvalue weighted by Crippen LogP contribution is -2.17. The van der Waals surface area contributed by atoms with Crippen molar-refractivity contribution < 1.29 is 0 Å². The number of aryl methyl sites for hydroxylation is 1. The van der Waals surface area contributed by atoms with Crippen LogP contribution < -0.4 is 5.56 Å². The van der Waals surface area contributed by atoms with E-state index >= 15 is 0 Å². The van der Waals surface area contributed by atoms with Crippen LogP contribution in [0.15, 0.2) is 70.9 Å². The number of nitrogens with zero attached hydrogens (tertiary/aromatic N) is 4. The van der Waals surface area contributed by atoms with E-state index < -0.39 is 0 Å². The van der Waals surface area contributed by atoms with Crippen LogP contribution in [0.1, 0.15) is 36.7 Å². The van der Waals surface area contributed by atoms with Crippen molar-refractivity contribution in [3.8, 4) is 5.69 Å². The summed E-state index contributed by atoms with van der Waals surface area (Å²) in [6.45, 7) is 6.29. The summed E-state index contributed by atoms with van der Waals surface area (Å²) in [5.74, 6) is 1.00. The Morgan fingerprint density at radius 2 is 1.93 bits per heavy atom. The molecule has 3 heterocycles. The van der Waals surface area contributed by atoms with E-state index in [1.165, 1.54) is 5.56 Å². The topological polar surface area (TPSA) is 52.2 Å². The summed E-state index contributed by atoms with van der Waals surface area (Å²) in [6.07, 6.45) is 3.79. The van der Waals surface area contributed by atoms with Crippen LogP contribution in [0.3, 0.4) is 0 Å². The molecule has 0 fully saturated rings. The highest BCUT2D eigenvalue weighted by Gasteiger charge is 2.13. The van der Waals surface area contributed by atoms with Gasteiger partial charge in [0.05, 0.1) is 11.4 Å². The average Bonchev–Trinajstić information content (AvgIpc) is 3.14. The quantitative estimate of drug-likeness (QED) is 0.467. The number of aromatic nitrogens is 4. The molecule has 0 bridgehead atoms. The fraction of sp³-hybridized carbons (Fsp3) is 0.227. The van der Waals surface area contributed by atoms with Gasteiger partial charge < -0.3 is 0 Å². The molecule has 1 aromatic carbocycles. The van der Waals surface area contributed by atoms with E-state index in [9.17, 15) is 4.79 Å². The van der Waals surface area contributed by atoms with Gasteiger partial charge in [0.1, 0.15) is 5.65 Å². The lowest BCUT2D eigenvalue weighted by molar-refractivity contribution is 0.817. The number of pyridine rings is 1. The molecule has 0 radical (unpaired) electrons. The number of para-hydroxylation sites is 1. The van der Waals surface area contributed by atoms with Gasteiger partial charge in [-0.2, -0.15) is 0 Å². The average molecular weight is 391 g/mol. The van der Waals surface area contributed by atoms with Gasteiger partial charge >= 0.3 is 0 Å². The molecule has 4 rings (SSSR count). The number of hydrogen-bond acceptors (Lipinski definition) is 4. The van der Waals surface area contributed by atoms with Crippen molar-refractivity contribution in [1.82, 2.24) is 18.9 Å². The SMILES string of the molecule is Cc1cccc2nc(CSc3nccn3-c3ccccc3C(C)C)cc(=O)n12. The van der Waals surface area contributed by atoms with Gasteiger partial charge in [-0.25, -0.2) is 9.97 Å². The summed E-state index contributed by atoms with van der Waals surface area (Å²) in [7, 11) is 0. The number of fused-ring (bicyclic) bond motifs is 1. The number of benzene rings is 1. The van der Waals surface area contributed by atoms with Gasteiger partial charge in [-0.15, -0.1) is 0 Å². The molecule has 142 valence electrons. The van der Waals surface area contributed by atoms with Crippen molar-refractivity contribution in [3.05, 3.63) is 88.2 Å². The molecular weight excluding hydrogens is 368 g/mol. The Labute approximate surface area is 168 Å². The largest absolute Gasteiger partial charge is 0.295 e. The standard InChI is InChI=1S/C22H22N4OS/c1-15(2)18-8-4-5-9-19(18)25-12-11-23-22(25)28-14-17-13-21(27)26-16(3)7-6-10-20(26)24-17/h4-13,15H,14H2,1-3H3. The third-order valence-electron chi connectivity index (χ3n) is 4.71. The van der Waals surface area contributed by atoms with Gasteiger partial charge in [-0.1, -0.05) is 49.9 Å². The molecule has 0 N–H and O–H groups in total. The summed E-state index contributed by atoms with van der Waals surface area (Å²) in [6, 6.07) is 15.7. The first kappa shape index (κ1) is 18.5. The summed E-state index contributed by atoms with van der Waals surface area (Å²) in [5.41, 5.74) is 4.69. The van der Waals surface area contributed by atoms with Crippen LogP contribution >= 0.6 is 11.8 Å². The van der Waals surface area contributed by atoms with E-state index in [0.717, 1.165) is 22.2 Å². The Kier molecular flexibility index (Phi) is 5.05. The third-order valence-corrected chi connectivity index (χ3v) is 5.71. The predicted molar refractivity (Wildman–Crippen MR) is 113 cm³/mol. The van der Waals surface area contributed by atoms with Crippen LogP contribution in [0.25, 0.3) is 11.3 Å². The Balaban J connectivity index is 1.64. The van der Waals surface area contributed by atoms with E-state index in [2.05, 4.69) is 46.6 Å². The van der Waals surface area contributed by atoms with E-state index in [4.69, 9.17) is 0 Å². The third kappa shape index (κ3) is 3.47. The zero-order valence-corrected chi connectivity index (χ0v) is 17.0. The number of rotatable bonds is 5. The summed E-state index contributed by atoms with van der Waals surface area (Å²) < 4.78 is 3.74. The van der Waals surface area contributed by atoms with Crippen LogP contribution in [0.2, 0.25) is 0 Å². The van der Waals surface area contributed by atoms with Crippen LogP contribution in [0.5, 0.6) is 0 Å². The van der Waals surface area contributed by atoms with Gasteiger partial charge in [-0.05, 0) is 36.6 Å². The Morgan fingerprint density at radius 3 is 2.75 bits per heavy atom. The summed E-state index contributed by atoms with van der Waals surface area (Å²) >= 11 is 1.58. The van der Waals surface area contributed by atoms with E-state index in [-0.39, 0.29) is 5.56 Å². The van der Waals surface area contributed by atoms with Gasteiger partial charge in [0.2, 0.25) is 0 Å².